The van der Waals surface area contributed by atoms with Crippen LogP contribution in [-0.4, -0.2) is 27.6 Å². The highest BCUT2D eigenvalue weighted by Gasteiger charge is 2.20. The van der Waals surface area contributed by atoms with E-state index in [9.17, 15) is 15.0 Å². The number of hydrogen-bond acceptors (Lipinski definition) is 5. The lowest BCUT2D eigenvalue weighted by Gasteiger charge is -2.31. The van der Waals surface area contributed by atoms with E-state index >= 15 is 0 Å². The smallest absolute Gasteiger partial charge is 0.259 e. The molecule has 0 bridgehead atoms. The molecule has 28 heavy (non-hydrogen) atoms. The summed E-state index contributed by atoms with van der Waals surface area (Å²) >= 11 is 0. The maximum Gasteiger partial charge on any atom is 0.259 e. The average Bonchev–Trinajstić information content (AvgIpc) is 2.72. The van der Waals surface area contributed by atoms with Gasteiger partial charge in [0.15, 0.2) is 0 Å². The Balaban J connectivity index is 1.52. The number of carbonyl (C=O) groups excluding carboxylic acids is 1. The first-order valence-electron chi connectivity index (χ1n) is 9.18. The van der Waals surface area contributed by atoms with E-state index in [0.717, 1.165) is 30.9 Å². The molecule has 4 rings (SSSR count). The van der Waals surface area contributed by atoms with Crippen molar-refractivity contribution in [1.29, 1.82) is 0 Å². The van der Waals surface area contributed by atoms with Gasteiger partial charge in [0.2, 0.25) is 0 Å². The molecule has 6 nitrogen and oxygen atoms in total. The van der Waals surface area contributed by atoms with E-state index in [0.29, 0.717) is 0 Å². The highest BCUT2D eigenvalue weighted by Crippen LogP contribution is 2.27. The molecule has 3 aromatic rings. The Labute approximate surface area is 163 Å². The van der Waals surface area contributed by atoms with E-state index in [1.165, 1.54) is 29.3 Å². The molecule has 1 amide bonds. The van der Waals surface area contributed by atoms with E-state index in [1.807, 2.05) is 18.2 Å². The topological polar surface area (TPSA) is 85.7 Å². The second-order valence-electron chi connectivity index (χ2n) is 6.78. The SMILES string of the molecule is O=C(NCc1cccnc1N1CCc2ccccc2C1)c1c(O)cccc1O. The van der Waals surface area contributed by atoms with Gasteiger partial charge in [0, 0.05) is 31.4 Å². The third-order valence-corrected chi connectivity index (χ3v) is 4.98. The Morgan fingerprint density at radius 1 is 1.00 bits per heavy atom. The van der Waals surface area contributed by atoms with Crippen LogP contribution < -0.4 is 10.2 Å². The Morgan fingerprint density at radius 2 is 1.75 bits per heavy atom. The highest BCUT2D eigenvalue weighted by atomic mass is 16.3. The van der Waals surface area contributed by atoms with Crippen molar-refractivity contribution in [2.24, 2.45) is 0 Å². The molecule has 0 atom stereocenters. The summed E-state index contributed by atoms with van der Waals surface area (Å²) in [6, 6.07) is 16.4. The molecule has 0 radical (unpaired) electrons. The zero-order valence-electron chi connectivity index (χ0n) is 15.3. The number of anilines is 1. The third kappa shape index (κ3) is 3.49. The molecule has 1 aromatic heterocycles. The molecule has 142 valence electrons. The lowest BCUT2D eigenvalue weighted by Crippen LogP contribution is -2.32. The Morgan fingerprint density at radius 3 is 2.54 bits per heavy atom. The minimum atomic E-state index is -0.533. The molecule has 0 spiro atoms. The molecule has 0 aliphatic carbocycles. The van der Waals surface area contributed by atoms with Gasteiger partial charge in [-0.15, -0.1) is 0 Å². The van der Waals surface area contributed by atoms with Crippen LogP contribution in [0.4, 0.5) is 5.82 Å². The first kappa shape index (κ1) is 17.9. The number of pyridine rings is 1. The van der Waals surface area contributed by atoms with Gasteiger partial charge in [-0.05, 0) is 35.7 Å². The van der Waals surface area contributed by atoms with Crippen molar-refractivity contribution in [2.45, 2.75) is 19.5 Å². The fourth-order valence-electron chi connectivity index (χ4n) is 3.55. The zero-order chi connectivity index (χ0) is 19.5. The number of aromatic nitrogens is 1. The number of nitrogens with one attached hydrogen (secondary N) is 1. The number of benzene rings is 2. The summed E-state index contributed by atoms with van der Waals surface area (Å²) < 4.78 is 0. The first-order chi connectivity index (χ1) is 13.6. The van der Waals surface area contributed by atoms with Gasteiger partial charge in [0.1, 0.15) is 22.9 Å². The maximum atomic E-state index is 12.4. The van der Waals surface area contributed by atoms with Crippen molar-refractivity contribution in [3.05, 3.63) is 83.0 Å². The number of phenols is 2. The molecule has 1 aliphatic heterocycles. The van der Waals surface area contributed by atoms with Gasteiger partial charge in [-0.25, -0.2) is 4.98 Å². The van der Waals surface area contributed by atoms with Crippen molar-refractivity contribution in [2.75, 3.05) is 11.4 Å². The van der Waals surface area contributed by atoms with E-state index < -0.39 is 5.91 Å². The standard InChI is InChI=1S/C22H21N3O3/c26-18-8-3-9-19(27)20(18)22(28)24-13-16-7-4-11-23-21(16)25-12-10-15-5-1-2-6-17(15)14-25/h1-9,11,26-27H,10,12-14H2,(H,24,28). The van der Waals surface area contributed by atoms with Gasteiger partial charge in [-0.1, -0.05) is 36.4 Å². The molecule has 2 heterocycles. The Kier molecular flexibility index (Phi) is 4.85. The number of phenolic OH excluding ortho intramolecular Hbond substituents is 2. The van der Waals surface area contributed by atoms with Gasteiger partial charge in [0.25, 0.3) is 5.91 Å². The summed E-state index contributed by atoms with van der Waals surface area (Å²) in [5, 5.41) is 22.5. The molecule has 0 saturated heterocycles. The quantitative estimate of drug-likeness (QED) is 0.653. The molecule has 1 aliphatic rings. The fraction of sp³-hybridized carbons (Fsp3) is 0.182. The van der Waals surface area contributed by atoms with Crippen molar-refractivity contribution in [3.63, 3.8) is 0 Å². The summed E-state index contributed by atoms with van der Waals surface area (Å²) in [7, 11) is 0. The highest BCUT2D eigenvalue weighted by molar-refractivity contribution is 5.99. The normalized spacial score (nSPS) is 13.1. The van der Waals surface area contributed by atoms with Crippen LogP contribution in [0.2, 0.25) is 0 Å². The molecule has 3 N–H and O–H groups in total. The van der Waals surface area contributed by atoms with Gasteiger partial charge in [-0.2, -0.15) is 0 Å². The summed E-state index contributed by atoms with van der Waals surface area (Å²) in [4.78, 5) is 19.2. The van der Waals surface area contributed by atoms with Crippen LogP contribution in [0.3, 0.4) is 0 Å². The average molecular weight is 375 g/mol. The number of hydrogen-bond donors (Lipinski definition) is 3. The number of fused-ring (bicyclic) bond motifs is 1. The van der Waals surface area contributed by atoms with Crippen LogP contribution in [0.15, 0.2) is 60.8 Å². The summed E-state index contributed by atoms with van der Waals surface area (Å²) in [5.41, 5.74) is 3.40. The number of amides is 1. The minimum Gasteiger partial charge on any atom is -0.507 e. The van der Waals surface area contributed by atoms with Crippen LogP contribution in [0, 0.1) is 0 Å². The van der Waals surface area contributed by atoms with E-state index in [4.69, 9.17) is 0 Å². The van der Waals surface area contributed by atoms with Crippen molar-refractivity contribution >= 4 is 11.7 Å². The maximum absolute atomic E-state index is 12.4. The largest absolute Gasteiger partial charge is 0.507 e. The Hall–Kier alpha value is -3.54. The molecule has 0 unspecified atom stereocenters. The monoisotopic (exact) mass is 375 g/mol. The molecule has 0 saturated carbocycles. The first-order valence-corrected chi connectivity index (χ1v) is 9.18. The molecular formula is C22H21N3O3. The van der Waals surface area contributed by atoms with Gasteiger partial charge in [-0.3, -0.25) is 4.79 Å². The van der Waals surface area contributed by atoms with E-state index in [1.54, 1.807) is 6.20 Å². The summed E-state index contributed by atoms with van der Waals surface area (Å²) in [6.07, 6.45) is 2.69. The predicted molar refractivity (Wildman–Crippen MR) is 106 cm³/mol. The van der Waals surface area contributed by atoms with Crippen molar-refractivity contribution in [3.8, 4) is 11.5 Å². The zero-order valence-corrected chi connectivity index (χ0v) is 15.3. The number of nitrogens with zero attached hydrogens (tertiary/aromatic N) is 2. The van der Waals surface area contributed by atoms with Crippen LogP contribution in [0.1, 0.15) is 27.0 Å². The minimum absolute atomic E-state index is 0.125. The van der Waals surface area contributed by atoms with Crippen LogP contribution in [-0.2, 0) is 19.5 Å². The van der Waals surface area contributed by atoms with Gasteiger partial charge < -0.3 is 20.4 Å². The Bertz CT molecular complexity index is 999. The number of aromatic hydroxyl groups is 2. The fourth-order valence-corrected chi connectivity index (χ4v) is 3.55. The molecular weight excluding hydrogens is 354 g/mol. The lowest BCUT2D eigenvalue weighted by molar-refractivity contribution is 0.0945. The molecule has 2 aromatic carbocycles. The van der Waals surface area contributed by atoms with E-state index in [-0.39, 0.29) is 23.6 Å². The third-order valence-electron chi connectivity index (χ3n) is 4.98. The van der Waals surface area contributed by atoms with Gasteiger partial charge in [0.05, 0.1) is 0 Å². The van der Waals surface area contributed by atoms with Crippen LogP contribution >= 0.6 is 0 Å². The second-order valence-corrected chi connectivity index (χ2v) is 6.78. The van der Waals surface area contributed by atoms with Crippen LogP contribution in [0.5, 0.6) is 11.5 Å². The van der Waals surface area contributed by atoms with Crippen molar-refractivity contribution in [1.82, 2.24) is 10.3 Å². The van der Waals surface area contributed by atoms with Gasteiger partial charge >= 0.3 is 0 Å². The van der Waals surface area contributed by atoms with Crippen LogP contribution in [0.25, 0.3) is 0 Å². The second kappa shape index (κ2) is 7.60. The molecule has 0 fully saturated rings. The molecule has 6 heteroatoms. The number of rotatable bonds is 4. The van der Waals surface area contributed by atoms with Crippen molar-refractivity contribution < 1.29 is 15.0 Å². The van der Waals surface area contributed by atoms with E-state index in [2.05, 4.69) is 33.4 Å². The summed E-state index contributed by atoms with van der Waals surface area (Å²) in [6.45, 7) is 1.87. The predicted octanol–water partition coefficient (Wildman–Crippen LogP) is 2.99. The summed E-state index contributed by atoms with van der Waals surface area (Å²) in [5.74, 6) is -0.207. The number of carbonyl (C=O) groups is 1. The lowest BCUT2D eigenvalue weighted by atomic mass is 9.99.